The predicted molar refractivity (Wildman–Crippen MR) is 74.9 cm³/mol. The van der Waals surface area contributed by atoms with Crippen LogP contribution in [0.5, 0.6) is 0 Å². The lowest BCUT2D eigenvalue weighted by atomic mass is 10.1. The summed E-state index contributed by atoms with van der Waals surface area (Å²) in [6.45, 7) is 6.65. The number of carboxylic acids is 1. The summed E-state index contributed by atoms with van der Waals surface area (Å²) < 4.78 is 0. The van der Waals surface area contributed by atoms with Crippen molar-refractivity contribution in [3.05, 3.63) is 23.4 Å². The largest absolute Gasteiger partial charge is 0.478 e. The Balaban J connectivity index is 2.31. The maximum atomic E-state index is 11.3. The molecule has 1 atom stereocenters. The Kier molecular flexibility index (Phi) is 4.04. The SMILES string of the molecule is CCC1CN(c2nc(C)ccc2C(=O)O)CCN1C. The van der Waals surface area contributed by atoms with Gasteiger partial charge in [0.25, 0.3) is 0 Å². The summed E-state index contributed by atoms with van der Waals surface area (Å²) in [5, 5.41) is 9.29. The number of aromatic carboxylic acids is 1. The van der Waals surface area contributed by atoms with E-state index < -0.39 is 5.97 Å². The standard InChI is InChI=1S/C14H21N3O2/c1-4-11-9-17(8-7-16(11)3)13-12(14(18)19)6-5-10(2)15-13/h5-6,11H,4,7-9H2,1-3H3,(H,18,19). The third-order valence-corrected chi connectivity index (χ3v) is 3.79. The molecule has 0 saturated carbocycles. The smallest absolute Gasteiger partial charge is 0.339 e. The van der Waals surface area contributed by atoms with Gasteiger partial charge in [-0.15, -0.1) is 0 Å². The van der Waals surface area contributed by atoms with Crippen LogP contribution in [0.15, 0.2) is 12.1 Å². The molecular formula is C14H21N3O2. The summed E-state index contributed by atoms with van der Waals surface area (Å²) in [7, 11) is 2.12. The third-order valence-electron chi connectivity index (χ3n) is 3.79. The minimum absolute atomic E-state index is 0.296. The molecule has 19 heavy (non-hydrogen) atoms. The van der Waals surface area contributed by atoms with Gasteiger partial charge in [0.2, 0.25) is 0 Å². The number of piperazine rings is 1. The third kappa shape index (κ3) is 2.87. The van der Waals surface area contributed by atoms with Gasteiger partial charge in [-0.3, -0.25) is 4.90 Å². The van der Waals surface area contributed by atoms with Crippen molar-refractivity contribution in [2.45, 2.75) is 26.3 Å². The fourth-order valence-electron chi connectivity index (χ4n) is 2.53. The molecule has 2 heterocycles. The van der Waals surface area contributed by atoms with Gasteiger partial charge in [0, 0.05) is 31.4 Å². The van der Waals surface area contributed by atoms with Gasteiger partial charge in [-0.25, -0.2) is 9.78 Å². The molecule has 2 rings (SSSR count). The molecule has 104 valence electrons. The Morgan fingerprint density at radius 2 is 2.21 bits per heavy atom. The van der Waals surface area contributed by atoms with Crippen LogP contribution in [-0.4, -0.2) is 53.7 Å². The molecular weight excluding hydrogens is 242 g/mol. The zero-order chi connectivity index (χ0) is 14.0. The molecule has 1 N–H and O–H groups in total. The van der Waals surface area contributed by atoms with E-state index in [2.05, 4.69) is 28.8 Å². The highest BCUT2D eigenvalue weighted by Crippen LogP contribution is 2.22. The van der Waals surface area contributed by atoms with Crippen LogP contribution < -0.4 is 4.90 Å². The van der Waals surface area contributed by atoms with Gasteiger partial charge in [-0.05, 0) is 32.5 Å². The molecule has 0 spiro atoms. The number of carboxylic acid groups (broad SMARTS) is 1. The molecule has 0 bridgehead atoms. The molecule has 0 aliphatic carbocycles. The minimum atomic E-state index is -0.908. The summed E-state index contributed by atoms with van der Waals surface area (Å²) in [6.07, 6.45) is 1.06. The number of rotatable bonds is 3. The van der Waals surface area contributed by atoms with Gasteiger partial charge in [-0.2, -0.15) is 0 Å². The van der Waals surface area contributed by atoms with Crippen LogP contribution in [0.2, 0.25) is 0 Å². The van der Waals surface area contributed by atoms with Gasteiger partial charge < -0.3 is 10.0 Å². The highest BCUT2D eigenvalue weighted by Gasteiger charge is 2.26. The van der Waals surface area contributed by atoms with Crippen molar-refractivity contribution in [1.29, 1.82) is 0 Å². The average molecular weight is 263 g/mol. The summed E-state index contributed by atoms with van der Waals surface area (Å²) in [4.78, 5) is 20.2. The summed E-state index contributed by atoms with van der Waals surface area (Å²) in [5.41, 5.74) is 1.15. The Labute approximate surface area is 113 Å². The number of aromatic nitrogens is 1. The molecule has 1 fully saturated rings. The Bertz CT molecular complexity index is 476. The number of pyridine rings is 1. The Morgan fingerprint density at radius 1 is 1.47 bits per heavy atom. The monoisotopic (exact) mass is 263 g/mol. The molecule has 1 saturated heterocycles. The van der Waals surface area contributed by atoms with E-state index in [0.717, 1.165) is 31.7 Å². The van der Waals surface area contributed by atoms with Gasteiger partial charge in [0.15, 0.2) is 0 Å². The lowest BCUT2D eigenvalue weighted by Gasteiger charge is -2.40. The van der Waals surface area contributed by atoms with Crippen LogP contribution in [-0.2, 0) is 0 Å². The van der Waals surface area contributed by atoms with Gasteiger partial charge in [-0.1, -0.05) is 6.92 Å². The van der Waals surface area contributed by atoms with Crippen LogP contribution in [0.3, 0.4) is 0 Å². The van der Waals surface area contributed by atoms with Gasteiger partial charge in [0.05, 0.1) is 0 Å². The maximum Gasteiger partial charge on any atom is 0.339 e. The molecule has 0 amide bonds. The summed E-state index contributed by atoms with van der Waals surface area (Å²) in [6, 6.07) is 3.86. The van der Waals surface area contributed by atoms with E-state index in [1.54, 1.807) is 12.1 Å². The quantitative estimate of drug-likeness (QED) is 0.898. The van der Waals surface area contributed by atoms with Crippen molar-refractivity contribution < 1.29 is 9.90 Å². The number of hydrogen-bond acceptors (Lipinski definition) is 4. The van der Waals surface area contributed by atoms with Crippen molar-refractivity contribution in [2.24, 2.45) is 0 Å². The lowest BCUT2D eigenvalue weighted by molar-refractivity contribution is 0.0696. The second-order valence-corrected chi connectivity index (χ2v) is 5.12. The van der Waals surface area contributed by atoms with Crippen molar-refractivity contribution in [3.8, 4) is 0 Å². The van der Waals surface area contributed by atoms with Crippen LogP contribution >= 0.6 is 0 Å². The molecule has 1 unspecified atom stereocenters. The minimum Gasteiger partial charge on any atom is -0.478 e. The molecule has 1 aliphatic heterocycles. The number of hydrogen-bond donors (Lipinski definition) is 1. The number of likely N-dealkylation sites (N-methyl/N-ethyl adjacent to an activating group) is 1. The van der Waals surface area contributed by atoms with Crippen molar-refractivity contribution in [2.75, 3.05) is 31.6 Å². The normalized spacial score (nSPS) is 20.6. The van der Waals surface area contributed by atoms with Crippen molar-refractivity contribution >= 4 is 11.8 Å². The fraction of sp³-hybridized carbons (Fsp3) is 0.571. The second-order valence-electron chi connectivity index (χ2n) is 5.12. The summed E-state index contributed by atoms with van der Waals surface area (Å²) >= 11 is 0. The van der Waals surface area contributed by atoms with Crippen molar-refractivity contribution in [1.82, 2.24) is 9.88 Å². The van der Waals surface area contributed by atoms with Crippen LogP contribution in [0, 0.1) is 6.92 Å². The first-order valence-electron chi connectivity index (χ1n) is 6.69. The number of anilines is 1. The van der Waals surface area contributed by atoms with E-state index in [1.165, 1.54) is 0 Å². The molecule has 5 nitrogen and oxygen atoms in total. The van der Waals surface area contributed by atoms with Gasteiger partial charge >= 0.3 is 5.97 Å². The number of aryl methyl sites for hydroxylation is 1. The van der Waals surface area contributed by atoms with E-state index in [-0.39, 0.29) is 0 Å². The fourth-order valence-corrected chi connectivity index (χ4v) is 2.53. The Morgan fingerprint density at radius 3 is 2.84 bits per heavy atom. The molecule has 1 aromatic rings. The lowest BCUT2D eigenvalue weighted by Crippen LogP contribution is -2.51. The van der Waals surface area contributed by atoms with E-state index >= 15 is 0 Å². The predicted octanol–water partition coefficient (Wildman–Crippen LogP) is 1.62. The molecule has 5 heteroatoms. The molecule has 0 aromatic carbocycles. The maximum absolute atomic E-state index is 11.3. The zero-order valence-corrected chi connectivity index (χ0v) is 11.8. The van der Waals surface area contributed by atoms with E-state index in [9.17, 15) is 9.90 Å². The van der Waals surface area contributed by atoms with E-state index in [4.69, 9.17) is 0 Å². The van der Waals surface area contributed by atoms with Crippen LogP contribution in [0.1, 0.15) is 29.4 Å². The van der Waals surface area contributed by atoms with Gasteiger partial charge in [0.1, 0.15) is 11.4 Å². The van der Waals surface area contributed by atoms with E-state index in [1.807, 2.05) is 6.92 Å². The van der Waals surface area contributed by atoms with Crippen LogP contribution in [0.4, 0.5) is 5.82 Å². The molecule has 1 aromatic heterocycles. The Hall–Kier alpha value is -1.62. The van der Waals surface area contributed by atoms with Crippen molar-refractivity contribution in [3.63, 3.8) is 0 Å². The van der Waals surface area contributed by atoms with Crippen LogP contribution in [0.25, 0.3) is 0 Å². The first kappa shape index (κ1) is 13.8. The summed E-state index contributed by atoms with van der Waals surface area (Å²) in [5.74, 6) is -0.298. The number of carbonyl (C=O) groups is 1. The molecule has 1 aliphatic rings. The topological polar surface area (TPSA) is 56.7 Å². The highest BCUT2D eigenvalue weighted by atomic mass is 16.4. The highest BCUT2D eigenvalue weighted by molar-refractivity contribution is 5.93. The van der Waals surface area contributed by atoms with E-state index in [0.29, 0.717) is 17.4 Å². The first-order chi connectivity index (χ1) is 9.02. The molecule has 0 radical (unpaired) electrons. The second kappa shape index (κ2) is 5.57. The zero-order valence-electron chi connectivity index (χ0n) is 11.8. The average Bonchev–Trinajstić information content (AvgIpc) is 2.38. The number of nitrogens with zero attached hydrogens (tertiary/aromatic N) is 3. The first-order valence-corrected chi connectivity index (χ1v) is 6.69.